The zero-order chi connectivity index (χ0) is 14.4. The third-order valence-corrected chi connectivity index (χ3v) is 3.45. The maximum Gasteiger partial charge on any atom is 0.138 e. The van der Waals surface area contributed by atoms with Crippen molar-refractivity contribution in [1.29, 1.82) is 0 Å². The molecular weight excluding hydrogens is 248 g/mol. The Labute approximate surface area is 121 Å². The topological polar surface area (TPSA) is 34.1 Å². The molecule has 0 aliphatic heterocycles. The van der Waals surface area contributed by atoms with Gasteiger partial charge in [-0.25, -0.2) is 0 Å². The van der Waals surface area contributed by atoms with E-state index < -0.39 is 0 Å². The minimum Gasteiger partial charge on any atom is -0.484 e. The fourth-order valence-corrected chi connectivity index (χ4v) is 2.22. The highest BCUT2D eigenvalue weighted by molar-refractivity contribution is 5.24. The first-order valence-corrected chi connectivity index (χ1v) is 7.09. The number of nitrogens with zero attached hydrogens (tertiary/aromatic N) is 1. The number of nitrogens with one attached hydrogen (secondary N) is 1. The van der Waals surface area contributed by atoms with E-state index in [1.807, 2.05) is 44.3 Å². The molecule has 0 radical (unpaired) electrons. The number of hydrogen-bond donors (Lipinski definition) is 1. The number of ether oxygens (including phenoxy) is 1. The highest BCUT2D eigenvalue weighted by Crippen LogP contribution is 2.22. The van der Waals surface area contributed by atoms with Crippen molar-refractivity contribution in [2.45, 2.75) is 32.4 Å². The molecule has 0 bridgehead atoms. The summed E-state index contributed by atoms with van der Waals surface area (Å²) in [6.07, 6.45) is 2.84. The van der Waals surface area contributed by atoms with Gasteiger partial charge in [0.15, 0.2) is 0 Å². The van der Waals surface area contributed by atoms with Gasteiger partial charge in [-0.3, -0.25) is 4.98 Å². The van der Waals surface area contributed by atoms with Crippen LogP contribution in [0, 0.1) is 0 Å². The molecule has 20 heavy (non-hydrogen) atoms. The molecule has 106 valence electrons. The van der Waals surface area contributed by atoms with Gasteiger partial charge in [0.1, 0.15) is 11.9 Å². The lowest BCUT2D eigenvalue weighted by molar-refractivity contribution is 0.226. The molecule has 2 rings (SSSR count). The standard InChI is InChI=1S/C17H22N2O/c1-4-16(18-3)17-11-10-15(12-19-17)20-13(2)14-8-6-5-7-9-14/h5-13,16,18H,4H2,1-3H3. The van der Waals surface area contributed by atoms with Crippen LogP contribution in [0.25, 0.3) is 0 Å². The van der Waals surface area contributed by atoms with Crippen LogP contribution in [-0.4, -0.2) is 12.0 Å². The van der Waals surface area contributed by atoms with Crippen molar-refractivity contribution in [1.82, 2.24) is 10.3 Å². The first kappa shape index (κ1) is 14.5. The van der Waals surface area contributed by atoms with E-state index in [2.05, 4.69) is 29.4 Å². The zero-order valence-corrected chi connectivity index (χ0v) is 12.3. The molecule has 0 saturated heterocycles. The quantitative estimate of drug-likeness (QED) is 0.864. The number of hydrogen-bond acceptors (Lipinski definition) is 3. The van der Waals surface area contributed by atoms with Gasteiger partial charge in [0, 0.05) is 6.04 Å². The summed E-state index contributed by atoms with van der Waals surface area (Å²) in [4.78, 5) is 4.48. The summed E-state index contributed by atoms with van der Waals surface area (Å²) in [5, 5.41) is 3.25. The molecule has 3 heteroatoms. The van der Waals surface area contributed by atoms with E-state index in [0.29, 0.717) is 6.04 Å². The minimum absolute atomic E-state index is 0.0233. The van der Waals surface area contributed by atoms with Crippen molar-refractivity contribution >= 4 is 0 Å². The lowest BCUT2D eigenvalue weighted by atomic mass is 10.1. The monoisotopic (exact) mass is 270 g/mol. The Bertz CT molecular complexity index is 506. The van der Waals surface area contributed by atoms with E-state index in [1.165, 1.54) is 5.56 Å². The number of benzene rings is 1. The largest absolute Gasteiger partial charge is 0.484 e. The normalized spacial score (nSPS) is 13.8. The molecule has 1 aromatic carbocycles. The van der Waals surface area contributed by atoms with Gasteiger partial charge in [0.05, 0.1) is 11.9 Å². The van der Waals surface area contributed by atoms with Gasteiger partial charge in [-0.15, -0.1) is 0 Å². The minimum atomic E-state index is 0.0233. The van der Waals surface area contributed by atoms with E-state index in [4.69, 9.17) is 4.74 Å². The van der Waals surface area contributed by atoms with Gasteiger partial charge in [-0.05, 0) is 38.1 Å². The lowest BCUT2D eigenvalue weighted by Crippen LogP contribution is -2.16. The van der Waals surface area contributed by atoms with Gasteiger partial charge < -0.3 is 10.1 Å². The number of pyridine rings is 1. The fourth-order valence-electron chi connectivity index (χ4n) is 2.22. The maximum atomic E-state index is 5.92. The van der Waals surface area contributed by atoms with Gasteiger partial charge in [0.25, 0.3) is 0 Å². The third kappa shape index (κ3) is 3.58. The summed E-state index contributed by atoms with van der Waals surface area (Å²) < 4.78 is 5.92. The predicted molar refractivity (Wildman–Crippen MR) is 81.8 cm³/mol. The summed E-state index contributed by atoms with van der Waals surface area (Å²) >= 11 is 0. The molecule has 0 aliphatic rings. The fraction of sp³-hybridized carbons (Fsp3) is 0.353. The molecule has 1 aromatic heterocycles. The van der Waals surface area contributed by atoms with E-state index in [0.717, 1.165) is 17.9 Å². The molecule has 0 spiro atoms. The Morgan fingerprint density at radius 3 is 2.45 bits per heavy atom. The summed E-state index contributed by atoms with van der Waals surface area (Å²) in [5.41, 5.74) is 2.22. The van der Waals surface area contributed by atoms with Crippen LogP contribution < -0.4 is 10.1 Å². The predicted octanol–water partition coefficient (Wildman–Crippen LogP) is 3.89. The maximum absolute atomic E-state index is 5.92. The summed E-state index contributed by atoms with van der Waals surface area (Å²) in [7, 11) is 1.96. The molecule has 1 heterocycles. The second kappa shape index (κ2) is 7.06. The van der Waals surface area contributed by atoms with Crippen LogP contribution in [-0.2, 0) is 0 Å². The van der Waals surface area contributed by atoms with Crippen molar-refractivity contribution in [2.75, 3.05) is 7.05 Å². The second-order valence-corrected chi connectivity index (χ2v) is 4.84. The zero-order valence-electron chi connectivity index (χ0n) is 12.3. The van der Waals surface area contributed by atoms with E-state index in [1.54, 1.807) is 6.20 Å². The van der Waals surface area contributed by atoms with Crippen LogP contribution in [0.15, 0.2) is 48.7 Å². The van der Waals surface area contributed by atoms with Crippen LogP contribution in [0.4, 0.5) is 0 Å². The van der Waals surface area contributed by atoms with Crippen LogP contribution in [0.1, 0.15) is 43.7 Å². The average Bonchev–Trinajstić information content (AvgIpc) is 2.51. The summed E-state index contributed by atoms with van der Waals surface area (Å²) in [5.74, 6) is 0.802. The Morgan fingerprint density at radius 2 is 1.90 bits per heavy atom. The molecular formula is C17H22N2O. The summed E-state index contributed by atoms with van der Waals surface area (Å²) in [6.45, 7) is 4.19. The van der Waals surface area contributed by atoms with E-state index in [-0.39, 0.29) is 6.10 Å². The van der Waals surface area contributed by atoms with Crippen LogP contribution >= 0.6 is 0 Å². The van der Waals surface area contributed by atoms with Gasteiger partial charge in [-0.2, -0.15) is 0 Å². The Morgan fingerprint density at radius 1 is 1.15 bits per heavy atom. The van der Waals surface area contributed by atoms with Crippen LogP contribution in [0.2, 0.25) is 0 Å². The molecule has 2 atom stereocenters. The van der Waals surface area contributed by atoms with Crippen LogP contribution in [0.3, 0.4) is 0 Å². The highest BCUT2D eigenvalue weighted by atomic mass is 16.5. The molecule has 2 aromatic rings. The molecule has 0 aliphatic carbocycles. The first-order chi connectivity index (χ1) is 9.74. The van der Waals surface area contributed by atoms with Crippen molar-refractivity contribution < 1.29 is 4.74 Å². The molecule has 3 nitrogen and oxygen atoms in total. The van der Waals surface area contributed by atoms with Crippen molar-refractivity contribution in [2.24, 2.45) is 0 Å². The highest BCUT2D eigenvalue weighted by Gasteiger charge is 2.10. The molecule has 2 unspecified atom stereocenters. The SMILES string of the molecule is CCC(NC)c1ccc(OC(C)c2ccccc2)cn1. The summed E-state index contributed by atoms with van der Waals surface area (Å²) in [6, 6.07) is 14.5. The van der Waals surface area contributed by atoms with E-state index >= 15 is 0 Å². The van der Waals surface area contributed by atoms with Crippen molar-refractivity contribution in [3.63, 3.8) is 0 Å². The Hall–Kier alpha value is -1.87. The first-order valence-electron chi connectivity index (χ1n) is 7.09. The second-order valence-electron chi connectivity index (χ2n) is 4.84. The van der Waals surface area contributed by atoms with Gasteiger partial charge >= 0.3 is 0 Å². The smallest absolute Gasteiger partial charge is 0.138 e. The molecule has 1 N–H and O–H groups in total. The Kier molecular flexibility index (Phi) is 5.13. The van der Waals surface area contributed by atoms with Gasteiger partial charge in [-0.1, -0.05) is 37.3 Å². The number of aromatic nitrogens is 1. The molecule has 0 amide bonds. The number of rotatable bonds is 6. The Balaban J connectivity index is 2.04. The lowest BCUT2D eigenvalue weighted by Gasteiger charge is -2.16. The average molecular weight is 270 g/mol. The van der Waals surface area contributed by atoms with Crippen LogP contribution in [0.5, 0.6) is 5.75 Å². The van der Waals surface area contributed by atoms with Crippen molar-refractivity contribution in [3.05, 3.63) is 59.9 Å². The molecule has 0 fully saturated rings. The molecule has 0 saturated carbocycles. The van der Waals surface area contributed by atoms with Crippen molar-refractivity contribution in [3.8, 4) is 5.75 Å². The van der Waals surface area contributed by atoms with Gasteiger partial charge in [0.2, 0.25) is 0 Å². The van der Waals surface area contributed by atoms with E-state index in [9.17, 15) is 0 Å². The third-order valence-electron chi connectivity index (χ3n) is 3.45.